The minimum absolute atomic E-state index is 0.00626. The van der Waals surface area contributed by atoms with Crippen LogP contribution in [0.3, 0.4) is 0 Å². The molecule has 0 heterocycles. The van der Waals surface area contributed by atoms with E-state index in [0.29, 0.717) is 19.0 Å². The topological polar surface area (TPSA) is 20.3 Å². The first-order chi connectivity index (χ1) is 8.08. The Labute approximate surface area is 106 Å². The average Bonchev–Trinajstić information content (AvgIpc) is 2.34. The van der Waals surface area contributed by atoms with Crippen molar-refractivity contribution in [1.82, 2.24) is 4.90 Å². The highest BCUT2D eigenvalue weighted by atomic mass is 35.5. The van der Waals surface area contributed by atoms with E-state index in [-0.39, 0.29) is 17.6 Å². The van der Waals surface area contributed by atoms with Crippen LogP contribution in [0.1, 0.15) is 19.4 Å². The van der Waals surface area contributed by atoms with E-state index >= 15 is 0 Å². The molecule has 0 fully saturated rings. The van der Waals surface area contributed by atoms with E-state index in [1.54, 1.807) is 17.9 Å². The van der Waals surface area contributed by atoms with Gasteiger partial charge in [0.15, 0.2) is 0 Å². The van der Waals surface area contributed by atoms with Crippen molar-refractivity contribution in [1.29, 1.82) is 0 Å². The average molecular weight is 258 g/mol. The summed E-state index contributed by atoms with van der Waals surface area (Å²) in [6.07, 6.45) is 0. The minimum atomic E-state index is -0.281. The van der Waals surface area contributed by atoms with Gasteiger partial charge in [-0.3, -0.25) is 4.79 Å². The smallest absolute Gasteiger partial charge is 0.226 e. The number of hydrogen-bond acceptors (Lipinski definition) is 1. The Morgan fingerprint density at radius 2 is 2.24 bits per heavy atom. The summed E-state index contributed by atoms with van der Waals surface area (Å²) in [6.45, 7) is 4.71. The van der Waals surface area contributed by atoms with Crippen LogP contribution in [-0.2, 0) is 11.3 Å². The van der Waals surface area contributed by atoms with Crippen LogP contribution in [0.5, 0.6) is 0 Å². The van der Waals surface area contributed by atoms with Crippen LogP contribution in [0.4, 0.5) is 4.39 Å². The molecule has 0 N–H and O–H groups in total. The summed E-state index contributed by atoms with van der Waals surface area (Å²) in [5.74, 6) is -0.174. The zero-order chi connectivity index (χ0) is 12.8. The van der Waals surface area contributed by atoms with Gasteiger partial charge in [-0.05, 0) is 24.6 Å². The maximum Gasteiger partial charge on any atom is 0.226 e. The number of carbonyl (C=O) groups excluding carboxylic acids is 1. The van der Waals surface area contributed by atoms with Gasteiger partial charge in [0.05, 0.1) is 0 Å². The molecule has 0 aromatic heterocycles. The van der Waals surface area contributed by atoms with E-state index < -0.39 is 0 Å². The zero-order valence-corrected chi connectivity index (χ0v) is 10.9. The molecule has 1 atom stereocenters. The molecule has 1 aromatic rings. The third kappa shape index (κ3) is 4.00. The van der Waals surface area contributed by atoms with E-state index in [1.165, 1.54) is 12.1 Å². The molecule has 0 bridgehead atoms. The van der Waals surface area contributed by atoms with Gasteiger partial charge >= 0.3 is 0 Å². The lowest BCUT2D eigenvalue weighted by Crippen LogP contribution is -2.35. The van der Waals surface area contributed by atoms with Crippen LogP contribution in [0.2, 0.25) is 0 Å². The van der Waals surface area contributed by atoms with Crippen molar-refractivity contribution in [3.8, 4) is 0 Å². The molecule has 1 amide bonds. The molecule has 94 valence electrons. The maximum absolute atomic E-state index is 13.0. The number of rotatable bonds is 5. The van der Waals surface area contributed by atoms with Crippen molar-refractivity contribution < 1.29 is 9.18 Å². The summed E-state index contributed by atoms with van der Waals surface area (Å²) in [5.41, 5.74) is 0.793. The predicted molar refractivity (Wildman–Crippen MR) is 67.4 cm³/mol. The highest BCUT2D eigenvalue weighted by Crippen LogP contribution is 2.11. The standard InChI is InChI=1S/C13H17ClFNO/c1-3-16(13(17)10(2)8-14)9-11-5-4-6-12(15)7-11/h4-7,10H,3,8-9H2,1-2H3. The SMILES string of the molecule is CCN(Cc1cccc(F)c1)C(=O)C(C)CCl. The fourth-order valence-electron chi connectivity index (χ4n) is 1.58. The Kier molecular flexibility index (Phi) is 5.42. The van der Waals surface area contributed by atoms with Crippen LogP contribution >= 0.6 is 11.6 Å². The third-order valence-corrected chi connectivity index (χ3v) is 3.07. The van der Waals surface area contributed by atoms with Crippen molar-refractivity contribution >= 4 is 17.5 Å². The molecule has 4 heteroatoms. The van der Waals surface area contributed by atoms with E-state index in [1.807, 2.05) is 13.0 Å². The molecular weight excluding hydrogens is 241 g/mol. The molecule has 0 radical (unpaired) electrons. The van der Waals surface area contributed by atoms with Gasteiger partial charge < -0.3 is 4.90 Å². The Hall–Kier alpha value is -1.09. The van der Waals surface area contributed by atoms with Crippen LogP contribution in [0.25, 0.3) is 0 Å². The molecule has 0 aliphatic carbocycles. The van der Waals surface area contributed by atoms with E-state index in [2.05, 4.69) is 0 Å². The van der Waals surface area contributed by atoms with Gasteiger partial charge in [0, 0.05) is 24.9 Å². The minimum Gasteiger partial charge on any atom is -0.338 e. The molecule has 17 heavy (non-hydrogen) atoms. The molecule has 1 rings (SSSR count). The third-order valence-electron chi connectivity index (χ3n) is 2.61. The molecular formula is C13H17ClFNO. The number of nitrogens with zero attached hydrogens (tertiary/aromatic N) is 1. The molecule has 1 unspecified atom stereocenters. The van der Waals surface area contributed by atoms with Gasteiger partial charge in [-0.15, -0.1) is 11.6 Å². The van der Waals surface area contributed by atoms with Crippen LogP contribution in [-0.4, -0.2) is 23.2 Å². The second kappa shape index (κ2) is 6.60. The fraction of sp³-hybridized carbons (Fsp3) is 0.462. The summed E-state index contributed by atoms with van der Waals surface area (Å²) < 4.78 is 13.0. The van der Waals surface area contributed by atoms with Crippen molar-refractivity contribution in [2.75, 3.05) is 12.4 Å². The first kappa shape index (κ1) is 14.0. The zero-order valence-electron chi connectivity index (χ0n) is 10.1. The van der Waals surface area contributed by atoms with Crippen molar-refractivity contribution in [2.45, 2.75) is 20.4 Å². The predicted octanol–water partition coefficient (Wildman–Crippen LogP) is 3.05. The maximum atomic E-state index is 13.0. The van der Waals surface area contributed by atoms with Gasteiger partial charge in [-0.2, -0.15) is 0 Å². The Bertz CT molecular complexity index is 383. The lowest BCUT2D eigenvalue weighted by atomic mass is 10.1. The summed E-state index contributed by atoms with van der Waals surface area (Å²) in [4.78, 5) is 13.6. The monoisotopic (exact) mass is 257 g/mol. The largest absolute Gasteiger partial charge is 0.338 e. The number of benzene rings is 1. The van der Waals surface area contributed by atoms with E-state index in [9.17, 15) is 9.18 Å². The molecule has 0 spiro atoms. The molecule has 2 nitrogen and oxygen atoms in total. The van der Waals surface area contributed by atoms with Crippen LogP contribution in [0.15, 0.2) is 24.3 Å². The second-order valence-electron chi connectivity index (χ2n) is 4.04. The molecule has 0 aliphatic rings. The lowest BCUT2D eigenvalue weighted by Gasteiger charge is -2.23. The Morgan fingerprint density at radius 3 is 2.76 bits per heavy atom. The quantitative estimate of drug-likeness (QED) is 0.743. The van der Waals surface area contributed by atoms with Crippen molar-refractivity contribution in [3.63, 3.8) is 0 Å². The number of halogens is 2. The number of carbonyl (C=O) groups is 1. The van der Waals surface area contributed by atoms with Gasteiger partial charge in [-0.1, -0.05) is 19.1 Å². The number of alkyl halides is 1. The second-order valence-corrected chi connectivity index (χ2v) is 4.35. The Morgan fingerprint density at radius 1 is 1.53 bits per heavy atom. The lowest BCUT2D eigenvalue weighted by molar-refractivity contribution is -0.134. The molecule has 0 saturated carbocycles. The van der Waals surface area contributed by atoms with Crippen molar-refractivity contribution in [3.05, 3.63) is 35.6 Å². The van der Waals surface area contributed by atoms with E-state index in [0.717, 1.165) is 5.56 Å². The number of hydrogen-bond donors (Lipinski definition) is 0. The summed E-state index contributed by atoms with van der Waals surface area (Å²) >= 11 is 5.67. The highest BCUT2D eigenvalue weighted by molar-refractivity contribution is 6.19. The molecule has 1 aromatic carbocycles. The molecule has 0 aliphatic heterocycles. The van der Waals surface area contributed by atoms with E-state index in [4.69, 9.17) is 11.6 Å². The molecule has 0 saturated heterocycles. The Balaban J connectivity index is 2.73. The summed E-state index contributed by atoms with van der Waals surface area (Å²) in [5, 5.41) is 0. The van der Waals surface area contributed by atoms with Gasteiger partial charge in [0.25, 0.3) is 0 Å². The summed E-state index contributed by atoms with van der Waals surface area (Å²) in [6, 6.07) is 6.29. The first-order valence-corrected chi connectivity index (χ1v) is 6.21. The number of amides is 1. The van der Waals surface area contributed by atoms with Gasteiger partial charge in [-0.25, -0.2) is 4.39 Å². The fourth-order valence-corrected chi connectivity index (χ4v) is 1.71. The van der Waals surface area contributed by atoms with Crippen LogP contribution < -0.4 is 0 Å². The van der Waals surface area contributed by atoms with Crippen LogP contribution in [0, 0.1) is 11.7 Å². The summed E-state index contributed by atoms with van der Waals surface area (Å²) in [7, 11) is 0. The highest BCUT2D eigenvalue weighted by Gasteiger charge is 2.18. The van der Waals surface area contributed by atoms with Crippen molar-refractivity contribution in [2.24, 2.45) is 5.92 Å². The van der Waals surface area contributed by atoms with Gasteiger partial charge in [0.1, 0.15) is 5.82 Å². The first-order valence-electron chi connectivity index (χ1n) is 5.67. The van der Waals surface area contributed by atoms with Gasteiger partial charge in [0.2, 0.25) is 5.91 Å². The normalized spacial score (nSPS) is 12.2.